The summed E-state index contributed by atoms with van der Waals surface area (Å²) in [6, 6.07) is 16.7. The molecule has 0 N–H and O–H groups in total. The quantitative estimate of drug-likeness (QED) is 0.731. The Morgan fingerprint density at radius 3 is 2.36 bits per heavy atom. The normalized spacial score (nSPS) is 15.5. The molecule has 2 heterocycles. The van der Waals surface area contributed by atoms with Crippen molar-refractivity contribution in [3.05, 3.63) is 66.3 Å². The van der Waals surface area contributed by atoms with Crippen molar-refractivity contribution >= 4 is 5.69 Å². The van der Waals surface area contributed by atoms with Crippen molar-refractivity contribution < 1.29 is 8.81 Å². The second kappa shape index (κ2) is 7.03. The van der Waals surface area contributed by atoms with Gasteiger partial charge in [-0.15, -0.1) is 10.2 Å². The molecule has 0 bridgehead atoms. The number of piperazine rings is 1. The molecule has 0 saturated carbocycles. The van der Waals surface area contributed by atoms with E-state index in [4.69, 9.17) is 4.42 Å². The Morgan fingerprint density at radius 2 is 1.60 bits per heavy atom. The maximum Gasteiger partial charge on any atom is 0.247 e. The Hall–Kier alpha value is -2.73. The zero-order valence-electron chi connectivity index (χ0n) is 13.8. The van der Waals surface area contributed by atoms with E-state index >= 15 is 0 Å². The molecule has 0 aliphatic carbocycles. The molecule has 6 heteroatoms. The van der Waals surface area contributed by atoms with Gasteiger partial charge in [0.05, 0.1) is 12.2 Å². The molecule has 2 aromatic carbocycles. The van der Waals surface area contributed by atoms with E-state index in [1.807, 2.05) is 42.5 Å². The Labute approximate surface area is 145 Å². The fourth-order valence-electron chi connectivity index (χ4n) is 3.06. The lowest BCUT2D eigenvalue weighted by Crippen LogP contribution is -2.46. The first-order chi connectivity index (χ1) is 12.3. The van der Waals surface area contributed by atoms with Gasteiger partial charge in [0.25, 0.3) is 0 Å². The minimum Gasteiger partial charge on any atom is -0.419 e. The van der Waals surface area contributed by atoms with Crippen LogP contribution >= 0.6 is 0 Å². The number of hydrogen-bond acceptors (Lipinski definition) is 5. The lowest BCUT2D eigenvalue weighted by Gasteiger charge is -2.35. The standard InChI is InChI=1S/C19H19FN4O/c20-16-8-4-5-9-17(16)24-12-10-23(11-13-24)14-18-21-22-19(25-18)15-6-2-1-3-7-15/h1-9H,10-14H2. The Kier molecular flexibility index (Phi) is 4.43. The fourth-order valence-corrected chi connectivity index (χ4v) is 3.06. The highest BCUT2D eigenvalue weighted by molar-refractivity contribution is 5.51. The maximum atomic E-state index is 13.9. The first-order valence-corrected chi connectivity index (χ1v) is 8.39. The summed E-state index contributed by atoms with van der Waals surface area (Å²) in [6.07, 6.45) is 0. The van der Waals surface area contributed by atoms with Gasteiger partial charge in [-0.25, -0.2) is 4.39 Å². The minimum absolute atomic E-state index is 0.166. The molecular formula is C19H19FN4O. The summed E-state index contributed by atoms with van der Waals surface area (Å²) >= 11 is 0. The third-order valence-corrected chi connectivity index (χ3v) is 4.41. The number of rotatable bonds is 4. The second-order valence-electron chi connectivity index (χ2n) is 6.08. The molecule has 0 spiro atoms. The number of benzene rings is 2. The fraction of sp³-hybridized carbons (Fsp3) is 0.263. The summed E-state index contributed by atoms with van der Waals surface area (Å²) in [5.41, 5.74) is 1.59. The lowest BCUT2D eigenvalue weighted by atomic mass is 10.2. The number of hydrogen-bond donors (Lipinski definition) is 0. The smallest absolute Gasteiger partial charge is 0.247 e. The maximum absolute atomic E-state index is 13.9. The Balaban J connectivity index is 1.36. The topological polar surface area (TPSA) is 45.4 Å². The van der Waals surface area contributed by atoms with Crippen LogP contribution in [-0.4, -0.2) is 41.3 Å². The van der Waals surface area contributed by atoms with Crippen LogP contribution in [0.5, 0.6) is 0 Å². The molecule has 25 heavy (non-hydrogen) atoms. The monoisotopic (exact) mass is 338 g/mol. The number of para-hydroxylation sites is 1. The van der Waals surface area contributed by atoms with Crippen LogP contribution in [0.1, 0.15) is 5.89 Å². The predicted octanol–water partition coefficient (Wildman–Crippen LogP) is 3.20. The molecule has 5 nitrogen and oxygen atoms in total. The molecule has 1 fully saturated rings. The van der Waals surface area contributed by atoms with E-state index in [2.05, 4.69) is 20.0 Å². The highest BCUT2D eigenvalue weighted by Crippen LogP contribution is 2.21. The summed E-state index contributed by atoms with van der Waals surface area (Å²) in [5, 5.41) is 8.27. The Morgan fingerprint density at radius 1 is 0.880 bits per heavy atom. The van der Waals surface area contributed by atoms with Gasteiger partial charge in [-0.1, -0.05) is 30.3 Å². The summed E-state index contributed by atoms with van der Waals surface area (Å²) in [5.74, 6) is 0.985. The molecule has 0 atom stereocenters. The van der Waals surface area contributed by atoms with Gasteiger partial charge in [-0.05, 0) is 24.3 Å². The summed E-state index contributed by atoms with van der Waals surface area (Å²) in [4.78, 5) is 4.33. The van der Waals surface area contributed by atoms with Gasteiger partial charge < -0.3 is 9.32 Å². The van der Waals surface area contributed by atoms with E-state index in [1.165, 1.54) is 6.07 Å². The molecule has 0 unspecified atom stereocenters. The van der Waals surface area contributed by atoms with Crippen molar-refractivity contribution in [2.75, 3.05) is 31.1 Å². The summed E-state index contributed by atoms with van der Waals surface area (Å²) in [7, 11) is 0. The molecule has 1 aromatic heterocycles. The van der Waals surface area contributed by atoms with Crippen LogP contribution in [0.4, 0.5) is 10.1 Å². The van der Waals surface area contributed by atoms with Gasteiger partial charge in [0, 0.05) is 31.7 Å². The SMILES string of the molecule is Fc1ccccc1N1CCN(Cc2nnc(-c3ccccc3)o2)CC1. The molecule has 1 aliphatic rings. The molecule has 1 saturated heterocycles. The lowest BCUT2D eigenvalue weighted by molar-refractivity contribution is 0.226. The molecule has 0 radical (unpaired) electrons. The van der Waals surface area contributed by atoms with Crippen LogP contribution < -0.4 is 4.90 Å². The van der Waals surface area contributed by atoms with Gasteiger partial charge in [0.2, 0.25) is 11.8 Å². The van der Waals surface area contributed by atoms with E-state index in [0.29, 0.717) is 24.0 Å². The van der Waals surface area contributed by atoms with E-state index < -0.39 is 0 Å². The van der Waals surface area contributed by atoms with Crippen molar-refractivity contribution in [3.63, 3.8) is 0 Å². The molecular weight excluding hydrogens is 319 g/mol. The van der Waals surface area contributed by atoms with Crippen LogP contribution in [0.2, 0.25) is 0 Å². The van der Waals surface area contributed by atoms with Gasteiger partial charge in [0.15, 0.2) is 0 Å². The van der Waals surface area contributed by atoms with Crippen LogP contribution in [0.15, 0.2) is 59.0 Å². The summed E-state index contributed by atoms with van der Waals surface area (Å²) in [6.45, 7) is 3.83. The van der Waals surface area contributed by atoms with Crippen molar-refractivity contribution in [2.45, 2.75) is 6.54 Å². The zero-order chi connectivity index (χ0) is 17.1. The van der Waals surface area contributed by atoms with Gasteiger partial charge in [-0.3, -0.25) is 4.90 Å². The van der Waals surface area contributed by atoms with E-state index in [0.717, 1.165) is 31.7 Å². The van der Waals surface area contributed by atoms with E-state index in [1.54, 1.807) is 6.07 Å². The van der Waals surface area contributed by atoms with Crippen molar-refractivity contribution in [1.29, 1.82) is 0 Å². The molecule has 3 aromatic rings. The molecule has 0 amide bonds. The van der Waals surface area contributed by atoms with E-state index in [-0.39, 0.29) is 5.82 Å². The third kappa shape index (κ3) is 3.53. The highest BCUT2D eigenvalue weighted by atomic mass is 19.1. The van der Waals surface area contributed by atoms with Crippen molar-refractivity contribution in [1.82, 2.24) is 15.1 Å². The second-order valence-corrected chi connectivity index (χ2v) is 6.08. The highest BCUT2D eigenvalue weighted by Gasteiger charge is 2.21. The van der Waals surface area contributed by atoms with Gasteiger partial charge in [0.1, 0.15) is 5.82 Å². The first-order valence-electron chi connectivity index (χ1n) is 8.39. The summed E-state index contributed by atoms with van der Waals surface area (Å²) < 4.78 is 19.7. The number of halogens is 1. The number of aromatic nitrogens is 2. The Bertz CT molecular complexity index is 828. The minimum atomic E-state index is -0.166. The molecule has 1 aliphatic heterocycles. The number of anilines is 1. The van der Waals surface area contributed by atoms with Crippen LogP contribution in [0.3, 0.4) is 0 Å². The number of nitrogens with zero attached hydrogens (tertiary/aromatic N) is 4. The van der Waals surface area contributed by atoms with Crippen LogP contribution in [0, 0.1) is 5.82 Å². The molecule has 128 valence electrons. The average molecular weight is 338 g/mol. The third-order valence-electron chi connectivity index (χ3n) is 4.41. The zero-order valence-corrected chi connectivity index (χ0v) is 13.8. The largest absolute Gasteiger partial charge is 0.419 e. The van der Waals surface area contributed by atoms with Crippen LogP contribution in [-0.2, 0) is 6.54 Å². The van der Waals surface area contributed by atoms with Crippen LogP contribution in [0.25, 0.3) is 11.5 Å². The molecule has 4 rings (SSSR count). The van der Waals surface area contributed by atoms with E-state index in [9.17, 15) is 4.39 Å². The van der Waals surface area contributed by atoms with Gasteiger partial charge >= 0.3 is 0 Å². The first kappa shape index (κ1) is 15.8. The van der Waals surface area contributed by atoms with Crippen molar-refractivity contribution in [3.8, 4) is 11.5 Å². The predicted molar refractivity (Wildman–Crippen MR) is 93.6 cm³/mol. The van der Waals surface area contributed by atoms with Gasteiger partial charge in [-0.2, -0.15) is 0 Å². The van der Waals surface area contributed by atoms with Crippen molar-refractivity contribution in [2.24, 2.45) is 0 Å². The average Bonchev–Trinajstić information content (AvgIpc) is 3.12.